The van der Waals surface area contributed by atoms with E-state index in [9.17, 15) is 0 Å². The van der Waals surface area contributed by atoms with Gasteiger partial charge in [0, 0.05) is 12.3 Å². The Morgan fingerprint density at radius 1 is 1.10 bits per heavy atom. The van der Waals surface area contributed by atoms with E-state index in [-0.39, 0.29) is 0 Å². The molecule has 0 aromatic rings. The predicted octanol–water partition coefficient (Wildman–Crippen LogP) is 2.59. The largest absolute Gasteiger partial charge is 0.103 e. The third-order valence-corrected chi connectivity index (χ3v) is 2.59. The Kier molecular flexibility index (Phi) is 1.67. The van der Waals surface area contributed by atoms with Crippen LogP contribution >= 0.6 is 0 Å². The van der Waals surface area contributed by atoms with Crippen LogP contribution in [0.2, 0.25) is 0 Å². The van der Waals surface area contributed by atoms with Gasteiger partial charge in [0.15, 0.2) is 0 Å². The van der Waals surface area contributed by atoms with E-state index in [1.54, 1.807) is 0 Å². The molecule has 0 aliphatic heterocycles. The molecule has 0 saturated heterocycles. The lowest BCUT2D eigenvalue weighted by Crippen LogP contribution is -1.79. The number of hydrogen-bond donors (Lipinski definition) is 0. The van der Waals surface area contributed by atoms with E-state index in [4.69, 9.17) is 0 Å². The molecule has 2 aliphatic carbocycles. The van der Waals surface area contributed by atoms with Crippen LogP contribution in [0, 0.1) is 23.7 Å². The van der Waals surface area contributed by atoms with Crippen LogP contribution in [0.4, 0.5) is 0 Å². The fraction of sp³-hybridized carbons (Fsp3) is 0.800. The second-order valence-corrected chi connectivity index (χ2v) is 3.52. The highest BCUT2D eigenvalue weighted by Crippen LogP contribution is 2.42. The Morgan fingerprint density at radius 3 is 3.10 bits per heavy atom. The Balaban J connectivity index is 1.92. The first kappa shape index (κ1) is 6.28. The fourth-order valence-corrected chi connectivity index (χ4v) is 1.74. The van der Waals surface area contributed by atoms with Gasteiger partial charge in [-0.25, -0.2) is 0 Å². The molecule has 0 N–H and O–H groups in total. The van der Waals surface area contributed by atoms with Gasteiger partial charge in [0.1, 0.15) is 0 Å². The second kappa shape index (κ2) is 2.66. The van der Waals surface area contributed by atoms with E-state index in [0.717, 1.165) is 18.3 Å². The first-order chi connectivity index (χ1) is 4.97. The van der Waals surface area contributed by atoms with Gasteiger partial charge in [-0.15, -0.1) is 5.92 Å². The maximum Gasteiger partial charge on any atom is 0.0234 e. The highest BCUT2D eigenvalue weighted by Gasteiger charge is 2.34. The van der Waals surface area contributed by atoms with Crippen LogP contribution in [0.5, 0.6) is 0 Å². The van der Waals surface area contributed by atoms with Crippen LogP contribution in [0.15, 0.2) is 0 Å². The van der Waals surface area contributed by atoms with E-state index in [1.165, 1.54) is 32.1 Å². The molecule has 1 saturated carbocycles. The zero-order chi connectivity index (χ0) is 6.81. The topological polar surface area (TPSA) is 0 Å². The summed E-state index contributed by atoms with van der Waals surface area (Å²) < 4.78 is 0. The van der Waals surface area contributed by atoms with Crippen molar-refractivity contribution in [2.24, 2.45) is 11.8 Å². The van der Waals surface area contributed by atoms with Crippen molar-refractivity contribution < 1.29 is 0 Å². The van der Waals surface area contributed by atoms with Crippen LogP contribution < -0.4 is 0 Å². The van der Waals surface area contributed by atoms with E-state index in [1.807, 2.05) is 0 Å². The minimum Gasteiger partial charge on any atom is -0.103 e. The Bertz CT molecular complexity index is 170. The molecule has 0 heterocycles. The zero-order valence-electron chi connectivity index (χ0n) is 6.40. The molecule has 0 aromatic heterocycles. The van der Waals surface area contributed by atoms with Crippen LogP contribution in [0.25, 0.3) is 0 Å². The molecule has 54 valence electrons. The molecular formula is C10H14. The smallest absolute Gasteiger partial charge is 0.0234 e. The minimum absolute atomic E-state index is 0.818. The zero-order valence-corrected chi connectivity index (χ0v) is 6.40. The summed E-state index contributed by atoms with van der Waals surface area (Å²) in [6, 6.07) is 0. The summed E-state index contributed by atoms with van der Waals surface area (Å²) in [6.07, 6.45) is 8.23. The lowest BCUT2D eigenvalue weighted by atomic mass is 10.1. The van der Waals surface area contributed by atoms with E-state index in [0.29, 0.717) is 0 Å². The quantitative estimate of drug-likeness (QED) is 0.447. The van der Waals surface area contributed by atoms with Gasteiger partial charge >= 0.3 is 0 Å². The summed E-state index contributed by atoms with van der Waals surface area (Å²) in [5.74, 6) is 8.44. The average Bonchev–Trinajstić information content (AvgIpc) is 2.66. The molecule has 0 aromatic carbocycles. The highest BCUT2D eigenvalue weighted by atomic mass is 14.4. The van der Waals surface area contributed by atoms with Crippen molar-refractivity contribution in [3.05, 3.63) is 0 Å². The SMILES string of the molecule is C1#C[C@@H]2C[C@H]2CCCCC1. The summed E-state index contributed by atoms with van der Waals surface area (Å²) >= 11 is 0. The van der Waals surface area contributed by atoms with Crippen LogP contribution in [0.3, 0.4) is 0 Å². The van der Waals surface area contributed by atoms with E-state index in [2.05, 4.69) is 11.8 Å². The second-order valence-electron chi connectivity index (χ2n) is 3.52. The summed E-state index contributed by atoms with van der Waals surface area (Å²) in [4.78, 5) is 0. The third-order valence-electron chi connectivity index (χ3n) is 2.59. The fourth-order valence-electron chi connectivity index (χ4n) is 1.74. The van der Waals surface area contributed by atoms with Crippen molar-refractivity contribution in [2.75, 3.05) is 0 Å². The van der Waals surface area contributed by atoms with Crippen molar-refractivity contribution >= 4 is 0 Å². The molecule has 0 amide bonds. The highest BCUT2D eigenvalue weighted by molar-refractivity contribution is 5.13. The summed E-state index contributed by atoms with van der Waals surface area (Å²) in [5.41, 5.74) is 0. The van der Waals surface area contributed by atoms with Gasteiger partial charge in [-0.05, 0) is 25.2 Å². The number of rotatable bonds is 0. The molecule has 0 spiro atoms. The van der Waals surface area contributed by atoms with Gasteiger partial charge in [0.2, 0.25) is 0 Å². The molecule has 0 radical (unpaired) electrons. The maximum absolute atomic E-state index is 3.35. The van der Waals surface area contributed by atoms with Gasteiger partial charge in [-0.3, -0.25) is 0 Å². The summed E-state index contributed by atoms with van der Waals surface area (Å²) in [5, 5.41) is 0. The average molecular weight is 134 g/mol. The molecule has 2 atom stereocenters. The molecule has 10 heavy (non-hydrogen) atoms. The molecule has 0 bridgehead atoms. The molecule has 2 rings (SSSR count). The molecule has 0 unspecified atom stereocenters. The van der Waals surface area contributed by atoms with Crippen molar-refractivity contribution in [3.63, 3.8) is 0 Å². The number of fused-ring (bicyclic) bond motifs is 1. The minimum atomic E-state index is 0.818. The van der Waals surface area contributed by atoms with Crippen LogP contribution in [-0.4, -0.2) is 0 Å². The first-order valence-corrected chi connectivity index (χ1v) is 4.45. The standard InChI is InChI=1S/C10H14/c1-2-4-6-9-8-10(9)7-5-3-1/h9-10H,1-4,6,8H2/t9-,10-/m1/s1. The maximum atomic E-state index is 3.35. The van der Waals surface area contributed by atoms with Crippen LogP contribution in [0.1, 0.15) is 38.5 Å². The Hall–Kier alpha value is -0.440. The summed E-state index contributed by atoms with van der Waals surface area (Å²) in [7, 11) is 0. The first-order valence-electron chi connectivity index (χ1n) is 4.45. The van der Waals surface area contributed by atoms with Gasteiger partial charge in [-0.1, -0.05) is 18.8 Å². The van der Waals surface area contributed by atoms with Gasteiger partial charge in [-0.2, -0.15) is 0 Å². The molecule has 2 aliphatic rings. The van der Waals surface area contributed by atoms with Gasteiger partial charge in [0.05, 0.1) is 0 Å². The normalized spacial score (nSPS) is 37.6. The monoisotopic (exact) mass is 134 g/mol. The van der Waals surface area contributed by atoms with Gasteiger partial charge in [0.25, 0.3) is 0 Å². The van der Waals surface area contributed by atoms with Crippen LogP contribution in [-0.2, 0) is 0 Å². The van der Waals surface area contributed by atoms with Gasteiger partial charge < -0.3 is 0 Å². The molecule has 0 heteroatoms. The molecule has 1 fully saturated rings. The van der Waals surface area contributed by atoms with E-state index < -0.39 is 0 Å². The lowest BCUT2D eigenvalue weighted by Gasteiger charge is -1.94. The van der Waals surface area contributed by atoms with Crippen molar-refractivity contribution in [1.82, 2.24) is 0 Å². The van der Waals surface area contributed by atoms with Crippen molar-refractivity contribution in [1.29, 1.82) is 0 Å². The third kappa shape index (κ3) is 1.34. The van der Waals surface area contributed by atoms with Crippen molar-refractivity contribution in [2.45, 2.75) is 38.5 Å². The van der Waals surface area contributed by atoms with Crippen molar-refractivity contribution in [3.8, 4) is 11.8 Å². The Morgan fingerprint density at radius 2 is 2.10 bits per heavy atom. The summed E-state index contributed by atoms with van der Waals surface area (Å²) in [6.45, 7) is 0. The number of hydrogen-bond acceptors (Lipinski definition) is 0. The molecular weight excluding hydrogens is 120 g/mol. The Labute approximate surface area is 63.0 Å². The predicted molar refractivity (Wildman–Crippen MR) is 42.5 cm³/mol. The lowest BCUT2D eigenvalue weighted by molar-refractivity contribution is 0.602. The molecule has 0 nitrogen and oxygen atoms in total. The van der Waals surface area contributed by atoms with E-state index >= 15 is 0 Å².